The number of esters is 1. The Morgan fingerprint density at radius 2 is 1.61 bits per heavy atom. The lowest BCUT2D eigenvalue weighted by atomic mass is 10.0. The van der Waals surface area contributed by atoms with Crippen LogP contribution in [0.15, 0.2) is 89.5 Å². The van der Waals surface area contributed by atoms with Gasteiger partial charge < -0.3 is 18.8 Å². The third-order valence-corrected chi connectivity index (χ3v) is 5.40. The summed E-state index contributed by atoms with van der Waals surface area (Å²) >= 11 is 0. The van der Waals surface area contributed by atoms with Crippen molar-refractivity contribution in [1.82, 2.24) is 4.90 Å². The fraction of sp³-hybridized carbons (Fsp3) is 0.185. The van der Waals surface area contributed by atoms with Crippen LogP contribution < -0.4 is 4.74 Å². The van der Waals surface area contributed by atoms with E-state index >= 15 is 0 Å². The highest BCUT2D eigenvalue weighted by Gasteiger charge is 2.30. The highest BCUT2D eigenvalue weighted by atomic mass is 16.5. The molecule has 3 aromatic carbocycles. The zero-order valence-corrected chi connectivity index (χ0v) is 18.6. The summed E-state index contributed by atoms with van der Waals surface area (Å²) in [4.78, 5) is 27.2. The average Bonchev–Trinajstić information content (AvgIpc) is 3.35. The molecule has 168 valence electrons. The van der Waals surface area contributed by atoms with Gasteiger partial charge in [0.05, 0.1) is 19.9 Å². The quantitative estimate of drug-likeness (QED) is 0.347. The van der Waals surface area contributed by atoms with E-state index in [4.69, 9.17) is 13.9 Å². The maximum Gasteiger partial charge on any atom is 0.303 e. The highest BCUT2D eigenvalue weighted by Crippen LogP contribution is 2.30. The minimum Gasteiger partial charge on any atom is -0.496 e. The van der Waals surface area contributed by atoms with Crippen molar-refractivity contribution >= 4 is 22.6 Å². The van der Waals surface area contributed by atoms with E-state index in [9.17, 15) is 9.59 Å². The van der Waals surface area contributed by atoms with E-state index in [2.05, 4.69) is 0 Å². The van der Waals surface area contributed by atoms with Crippen LogP contribution in [-0.4, -0.2) is 23.9 Å². The summed E-state index contributed by atoms with van der Waals surface area (Å²) in [6.45, 7) is 1.84. The van der Waals surface area contributed by atoms with Gasteiger partial charge in [0.2, 0.25) is 6.10 Å². The molecule has 33 heavy (non-hydrogen) atoms. The van der Waals surface area contributed by atoms with Gasteiger partial charge in [-0.3, -0.25) is 9.59 Å². The van der Waals surface area contributed by atoms with Gasteiger partial charge in [0, 0.05) is 24.4 Å². The van der Waals surface area contributed by atoms with Gasteiger partial charge in [0.25, 0.3) is 5.91 Å². The molecule has 0 aliphatic carbocycles. The summed E-state index contributed by atoms with van der Waals surface area (Å²) in [5.41, 5.74) is 1.56. The van der Waals surface area contributed by atoms with E-state index in [0.29, 0.717) is 17.9 Å². The summed E-state index contributed by atoms with van der Waals surface area (Å²) in [7, 11) is 1.64. The number of amides is 1. The van der Waals surface area contributed by atoms with E-state index in [1.807, 2.05) is 60.7 Å². The number of methoxy groups -OCH3 is 1. The average molecular weight is 443 g/mol. The van der Waals surface area contributed by atoms with Gasteiger partial charge in [0.1, 0.15) is 11.5 Å². The summed E-state index contributed by atoms with van der Waals surface area (Å²) in [6, 6.07) is 24.4. The topological polar surface area (TPSA) is 69.0 Å². The molecule has 1 atom stereocenters. The minimum absolute atomic E-state index is 0.233. The Bertz CT molecular complexity index is 1230. The molecule has 1 amide bonds. The number of furan rings is 1. The molecule has 0 aliphatic heterocycles. The zero-order valence-electron chi connectivity index (χ0n) is 18.6. The first-order valence-corrected chi connectivity index (χ1v) is 10.6. The Labute approximate surface area is 192 Å². The molecule has 0 radical (unpaired) electrons. The molecule has 0 saturated heterocycles. The second-order valence-electron chi connectivity index (χ2n) is 7.65. The third kappa shape index (κ3) is 5.06. The number of hydrogen-bond acceptors (Lipinski definition) is 5. The number of carbonyl (C=O) groups is 2. The Morgan fingerprint density at radius 1 is 0.879 bits per heavy atom. The van der Waals surface area contributed by atoms with Crippen LogP contribution in [0.1, 0.15) is 29.9 Å². The number of fused-ring (bicyclic) bond motifs is 1. The van der Waals surface area contributed by atoms with Gasteiger partial charge in [-0.1, -0.05) is 60.7 Å². The Kier molecular flexibility index (Phi) is 6.74. The smallest absolute Gasteiger partial charge is 0.303 e. The predicted molar refractivity (Wildman–Crippen MR) is 124 cm³/mol. The Morgan fingerprint density at radius 3 is 2.27 bits per heavy atom. The van der Waals surface area contributed by atoms with E-state index in [0.717, 1.165) is 22.1 Å². The van der Waals surface area contributed by atoms with Crippen LogP contribution in [-0.2, 0) is 27.4 Å². The van der Waals surface area contributed by atoms with Crippen molar-refractivity contribution in [2.45, 2.75) is 26.1 Å². The molecular weight excluding hydrogens is 418 g/mol. The van der Waals surface area contributed by atoms with Gasteiger partial charge in [-0.05, 0) is 29.1 Å². The maximum atomic E-state index is 13.8. The van der Waals surface area contributed by atoms with Crippen LogP contribution in [0.4, 0.5) is 0 Å². The lowest BCUT2D eigenvalue weighted by Crippen LogP contribution is -2.36. The van der Waals surface area contributed by atoms with Crippen LogP contribution in [0.2, 0.25) is 0 Å². The molecule has 6 heteroatoms. The van der Waals surface area contributed by atoms with Crippen molar-refractivity contribution in [3.8, 4) is 5.75 Å². The summed E-state index contributed by atoms with van der Waals surface area (Å²) < 4.78 is 16.5. The fourth-order valence-corrected chi connectivity index (χ4v) is 3.88. The first kappa shape index (κ1) is 22.1. The standard InChI is InChI=1S/C27H25NO5/c1-19(29)33-26(20-9-4-3-5-10-20)27(30)28(18-22-11-8-16-32-22)17-21-14-15-25(31-2)24-13-7-6-12-23(21)24/h3-16,26H,17-18H2,1-2H3. The number of hydrogen-bond donors (Lipinski definition) is 0. The van der Waals surface area contributed by atoms with Gasteiger partial charge >= 0.3 is 5.97 Å². The van der Waals surface area contributed by atoms with Crippen molar-refractivity contribution in [3.63, 3.8) is 0 Å². The molecule has 0 bridgehead atoms. The molecule has 0 aliphatic rings. The Hall–Kier alpha value is -4.06. The SMILES string of the molecule is COc1ccc(CN(Cc2ccco2)C(=O)C(OC(C)=O)c2ccccc2)c2ccccc12. The number of nitrogens with zero attached hydrogens (tertiary/aromatic N) is 1. The van der Waals surface area contributed by atoms with E-state index in [1.165, 1.54) is 6.92 Å². The molecule has 0 spiro atoms. The first-order valence-electron chi connectivity index (χ1n) is 10.6. The Balaban J connectivity index is 1.73. The van der Waals surface area contributed by atoms with Crippen LogP contribution >= 0.6 is 0 Å². The van der Waals surface area contributed by atoms with Crippen molar-refractivity contribution in [2.24, 2.45) is 0 Å². The van der Waals surface area contributed by atoms with E-state index in [-0.39, 0.29) is 12.5 Å². The van der Waals surface area contributed by atoms with Gasteiger partial charge in [-0.2, -0.15) is 0 Å². The number of rotatable bonds is 8. The fourth-order valence-electron chi connectivity index (χ4n) is 3.88. The highest BCUT2D eigenvalue weighted by molar-refractivity contribution is 5.91. The third-order valence-electron chi connectivity index (χ3n) is 5.40. The van der Waals surface area contributed by atoms with Crippen molar-refractivity contribution < 1.29 is 23.5 Å². The van der Waals surface area contributed by atoms with Crippen LogP contribution in [0.3, 0.4) is 0 Å². The minimum atomic E-state index is -1.05. The molecule has 0 fully saturated rings. The molecular formula is C27H25NO5. The predicted octanol–water partition coefficient (Wildman–Crippen LogP) is 5.27. The molecule has 4 aromatic rings. The zero-order chi connectivity index (χ0) is 23.2. The second kappa shape index (κ2) is 10.0. The molecule has 1 aromatic heterocycles. The molecule has 0 N–H and O–H groups in total. The molecule has 6 nitrogen and oxygen atoms in total. The first-order chi connectivity index (χ1) is 16.1. The maximum absolute atomic E-state index is 13.8. The molecule has 1 heterocycles. The monoisotopic (exact) mass is 443 g/mol. The number of carbonyl (C=O) groups excluding carboxylic acids is 2. The van der Waals surface area contributed by atoms with Gasteiger partial charge in [-0.25, -0.2) is 0 Å². The molecule has 4 rings (SSSR count). The summed E-state index contributed by atoms with van der Waals surface area (Å²) in [6.07, 6.45) is 0.518. The van der Waals surface area contributed by atoms with Crippen molar-refractivity contribution in [3.05, 3.63) is 102 Å². The summed E-state index contributed by atoms with van der Waals surface area (Å²) in [5, 5.41) is 1.94. The van der Waals surface area contributed by atoms with Crippen molar-refractivity contribution in [2.75, 3.05) is 7.11 Å². The molecule has 0 saturated carbocycles. The largest absolute Gasteiger partial charge is 0.496 e. The normalized spacial score (nSPS) is 11.7. The second-order valence-corrected chi connectivity index (χ2v) is 7.65. The van der Waals surface area contributed by atoms with E-state index < -0.39 is 12.1 Å². The lowest BCUT2D eigenvalue weighted by molar-refractivity contribution is -0.160. The van der Waals surface area contributed by atoms with Crippen LogP contribution in [0.25, 0.3) is 10.8 Å². The number of ether oxygens (including phenoxy) is 2. The summed E-state index contributed by atoms with van der Waals surface area (Å²) in [5.74, 6) is 0.550. The van der Waals surface area contributed by atoms with Gasteiger partial charge in [0.15, 0.2) is 0 Å². The lowest BCUT2D eigenvalue weighted by Gasteiger charge is -2.27. The van der Waals surface area contributed by atoms with Gasteiger partial charge in [-0.15, -0.1) is 0 Å². The number of benzene rings is 3. The van der Waals surface area contributed by atoms with Crippen LogP contribution in [0.5, 0.6) is 5.75 Å². The molecule has 1 unspecified atom stereocenters. The van der Waals surface area contributed by atoms with E-state index in [1.54, 1.807) is 36.5 Å². The van der Waals surface area contributed by atoms with Crippen LogP contribution in [0, 0.1) is 0 Å². The van der Waals surface area contributed by atoms with Crippen molar-refractivity contribution in [1.29, 1.82) is 0 Å².